The van der Waals surface area contributed by atoms with Crippen LogP contribution in [0.5, 0.6) is 23.3 Å². The zero-order chi connectivity index (χ0) is 63.6. The molecule has 2 saturated carbocycles. The second-order valence-corrected chi connectivity index (χ2v) is 18.8. The van der Waals surface area contributed by atoms with Crippen molar-refractivity contribution in [1.29, 1.82) is 0 Å². The Morgan fingerprint density at radius 2 is 1.08 bits per heavy atom. The van der Waals surface area contributed by atoms with Gasteiger partial charge in [-0.1, -0.05) is 82.8 Å². The predicted molar refractivity (Wildman–Crippen MR) is 306 cm³/mol. The summed E-state index contributed by atoms with van der Waals surface area (Å²) in [6.07, 6.45) is 1.02. The summed E-state index contributed by atoms with van der Waals surface area (Å²) in [5.41, 5.74) is 1.99. The predicted octanol–water partition coefficient (Wildman–Crippen LogP) is 15.9. The summed E-state index contributed by atoms with van der Waals surface area (Å²) in [6, 6.07) is 13.1. The van der Waals surface area contributed by atoms with Crippen LogP contribution in [0.3, 0.4) is 0 Å². The third-order valence-electron chi connectivity index (χ3n) is 12.5. The first kappa shape index (κ1) is 68.6. The minimum atomic E-state index is -4.56. The van der Waals surface area contributed by atoms with E-state index < -0.39 is 43.1 Å². The Bertz CT molecular complexity index is 3290. The topological polar surface area (TPSA) is 167 Å². The molecule has 4 aromatic heterocycles. The van der Waals surface area contributed by atoms with Gasteiger partial charge in [-0.2, -0.15) is 53.9 Å². The fraction of sp³-hybridized carbons (Fsp3) is 0.433. The third-order valence-corrected chi connectivity index (χ3v) is 12.5. The van der Waals surface area contributed by atoms with Crippen molar-refractivity contribution in [3.05, 3.63) is 131 Å². The molecule has 0 bridgehead atoms. The van der Waals surface area contributed by atoms with Gasteiger partial charge in [-0.05, 0) is 71.4 Å². The number of methoxy groups -OCH3 is 2. The average molecular weight is 1220 g/mol. The van der Waals surface area contributed by atoms with Gasteiger partial charge in [0.2, 0.25) is 0 Å². The van der Waals surface area contributed by atoms with Crippen LogP contribution in [0.25, 0.3) is 33.9 Å². The number of aliphatic imine (C=N–C) groups is 2. The molecule has 4 heterocycles. The molecule has 1 atom stereocenters. The molecule has 6 aromatic rings. The van der Waals surface area contributed by atoms with Crippen LogP contribution in [-0.2, 0) is 42.1 Å². The number of nitrogens with zero attached hydrogens (tertiary/aromatic N) is 10. The number of hydrogen-bond donors (Lipinski definition) is 0. The molecule has 8 rings (SSSR count). The number of rotatable bonds is 23. The van der Waals surface area contributed by atoms with E-state index in [9.17, 15) is 43.9 Å². The summed E-state index contributed by atoms with van der Waals surface area (Å²) in [4.78, 5) is 33.8. The Labute approximate surface area is 492 Å². The zero-order valence-electron chi connectivity index (χ0n) is 49.7. The molecule has 0 N–H and O–H groups in total. The second-order valence-electron chi connectivity index (χ2n) is 18.8. The molecule has 0 spiro atoms. The van der Waals surface area contributed by atoms with Gasteiger partial charge in [-0.3, -0.25) is 9.98 Å². The van der Waals surface area contributed by atoms with Crippen LogP contribution in [0.4, 0.5) is 43.9 Å². The van der Waals surface area contributed by atoms with Crippen molar-refractivity contribution in [3.63, 3.8) is 0 Å². The molecule has 466 valence electrons. The summed E-state index contributed by atoms with van der Waals surface area (Å²) in [7, 11) is 4.31. The number of hydrogen-bond acceptors (Lipinski definition) is 14. The summed E-state index contributed by atoms with van der Waals surface area (Å²) in [5.74, 6) is 0.849. The number of imidazole rings is 2. The van der Waals surface area contributed by atoms with Crippen LogP contribution in [0.1, 0.15) is 128 Å². The number of aryl methyl sites for hydroxylation is 1. The van der Waals surface area contributed by atoms with Crippen LogP contribution >= 0.6 is 0 Å². The Balaban J connectivity index is 0.000000297. The summed E-state index contributed by atoms with van der Waals surface area (Å²) >= 11 is 0. The first-order valence-corrected chi connectivity index (χ1v) is 27.5. The lowest BCUT2D eigenvalue weighted by atomic mass is 10.0. The van der Waals surface area contributed by atoms with Gasteiger partial charge in [0.25, 0.3) is 11.8 Å². The van der Waals surface area contributed by atoms with Crippen molar-refractivity contribution < 1.29 is 72.3 Å². The highest BCUT2D eigenvalue weighted by molar-refractivity contribution is 5.78. The highest BCUT2D eigenvalue weighted by atomic mass is 19.4. The van der Waals surface area contributed by atoms with Crippen LogP contribution in [-0.4, -0.2) is 85.0 Å². The van der Waals surface area contributed by atoms with Crippen molar-refractivity contribution in [2.45, 2.75) is 139 Å². The van der Waals surface area contributed by atoms with Crippen LogP contribution in [0.2, 0.25) is 0 Å². The average Bonchev–Trinajstić information content (AvgIpc) is 2.99. The number of aromatic nitrogens is 8. The zero-order valence-corrected chi connectivity index (χ0v) is 49.7. The lowest BCUT2D eigenvalue weighted by Crippen LogP contribution is -2.18. The van der Waals surface area contributed by atoms with Crippen molar-refractivity contribution in [1.82, 2.24) is 39.0 Å². The molecular formula is C60H70F10N10O6. The van der Waals surface area contributed by atoms with E-state index in [2.05, 4.69) is 51.2 Å². The first-order valence-electron chi connectivity index (χ1n) is 27.5. The molecule has 86 heavy (non-hydrogen) atoms. The fourth-order valence-corrected chi connectivity index (χ4v) is 8.30. The Morgan fingerprint density at radius 1 is 0.640 bits per heavy atom. The molecule has 0 aliphatic heterocycles. The SMILES string of the molecule is C=C(OC(F)F)/C(=C(\N=CC)C1CC1)c1ncc(OC)c(OCc2ccc(-c3nc(C(F)(F)F)cn3C(C)C)cc2)n1.CC.CC.CC=N/C(=C(/c1ncc(OC)c(OCc2ccc(-c3nc(C(F)(F)F)cn3C)cc2)n1)C(C)OC(F)F)C1CC1. The molecular weight excluding hydrogens is 1150 g/mol. The molecule has 0 amide bonds. The number of alkyl halides is 10. The molecule has 2 aliphatic carbocycles. The van der Waals surface area contributed by atoms with E-state index in [4.69, 9.17) is 23.7 Å². The van der Waals surface area contributed by atoms with E-state index in [1.54, 1.807) is 88.7 Å². The van der Waals surface area contributed by atoms with Gasteiger partial charge in [0.05, 0.1) is 49.7 Å². The maximum absolute atomic E-state index is 13.3. The lowest BCUT2D eigenvalue weighted by molar-refractivity contribution is -0.143. The quantitative estimate of drug-likeness (QED) is 0.0258. The molecule has 16 nitrogen and oxygen atoms in total. The van der Waals surface area contributed by atoms with Gasteiger partial charge < -0.3 is 37.6 Å². The van der Waals surface area contributed by atoms with Crippen molar-refractivity contribution >= 4 is 23.6 Å². The van der Waals surface area contributed by atoms with Crippen molar-refractivity contribution in [2.24, 2.45) is 28.9 Å². The molecule has 2 aliphatic rings. The van der Waals surface area contributed by atoms with Gasteiger partial charge >= 0.3 is 25.6 Å². The lowest BCUT2D eigenvalue weighted by Gasteiger charge is -2.19. The molecule has 0 radical (unpaired) electrons. The Hall–Kier alpha value is -8.16. The molecule has 26 heteroatoms. The third kappa shape index (κ3) is 18.4. The van der Waals surface area contributed by atoms with E-state index >= 15 is 0 Å². The number of ether oxygens (including phenoxy) is 6. The molecule has 0 saturated heterocycles. The standard InChI is InChI=1S/C29H30F5N5O3.C27H28F5N5O3.2C2H6/c1-6-35-24(19-11-12-19)23(17(4)42-28(30)31)25-36-13-21(40-5)27(38-25)41-15-18-7-9-20(10-8-18)26-37-22(29(32,33)34)14-39(26)16(2)3;1-5-33-22(17-10-11-17)21(15(2)40-26(28)29)23-34-12-19(38-4)25(36-23)39-14-16-6-8-18(9-7-16)24-35-20(13-37(24)3)27(30,31)32;2*1-2/h6-10,13-14,16,19,28H,4,11-12,15H2,1-3,5H3;5-9,12-13,15,17,26H,10-11,14H2,1-4H3;2*1-2H3/b24-23+,35-6?;22-21+,33-5?;;. The minimum absolute atomic E-state index is 0.00956. The van der Waals surface area contributed by atoms with Crippen LogP contribution in [0, 0.1) is 11.8 Å². The van der Waals surface area contributed by atoms with E-state index in [-0.39, 0.29) is 89.0 Å². The normalized spacial score (nSPS) is 14.4. The van der Waals surface area contributed by atoms with Crippen molar-refractivity contribution in [2.75, 3.05) is 14.2 Å². The smallest absolute Gasteiger partial charge is 0.434 e. The maximum Gasteiger partial charge on any atom is 0.434 e. The molecule has 2 fully saturated rings. The van der Waals surface area contributed by atoms with Gasteiger partial charge in [0, 0.05) is 66.4 Å². The highest BCUT2D eigenvalue weighted by Gasteiger charge is 2.37. The van der Waals surface area contributed by atoms with E-state index in [1.165, 1.54) is 49.7 Å². The Morgan fingerprint density at radius 3 is 1.51 bits per heavy atom. The van der Waals surface area contributed by atoms with Crippen LogP contribution < -0.4 is 18.9 Å². The van der Waals surface area contributed by atoms with E-state index in [0.29, 0.717) is 39.2 Å². The molecule has 1 unspecified atom stereocenters. The van der Waals surface area contributed by atoms with Gasteiger partial charge in [-0.15, -0.1) is 0 Å². The summed E-state index contributed by atoms with van der Waals surface area (Å²) in [5, 5.41) is 0. The first-order chi connectivity index (χ1) is 40.9. The summed E-state index contributed by atoms with van der Waals surface area (Å²) < 4.78 is 166. The monoisotopic (exact) mass is 1220 g/mol. The number of benzene rings is 2. The summed E-state index contributed by atoms with van der Waals surface area (Å²) in [6.45, 7) is 14.1. The Kier molecular flexibility index (Phi) is 25.0. The van der Waals surface area contributed by atoms with E-state index in [1.807, 2.05) is 27.7 Å². The van der Waals surface area contributed by atoms with Gasteiger partial charge in [-0.25, -0.2) is 19.9 Å². The van der Waals surface area contributed by atoms with Gasteiger partial charge in [0.15, 0.2) is 34.5 Å². The number of halogens is 10. The largest absolute Gasteiger partial charge is 0.490 e. The number of allylic oxidation sites excluding steroid dienone is 3. The van der Waals surface area contributed by atoms with Crippen molar-refractivity contribution in [3.8, 4) is 46.0 Å². The minimum Gasteiger partial charge on any atom is -0.490 e. The van der Waals surface area contributed by atoms with Gasteiger partial charge in [0.1, 0.15) is 30.6 Å². The molecule has 2 aromatic carbocycles. The van der Waals surface area contributed by atoms with Crippen LogP contribution in [0.15, 0.2) is 107 Å². The second kappa shape index (κ2) is 31.3. The van der Waals surface area contributed by atoms with E-state index in [0.717, 1.165) is 38.1 Å². The highest BCUT2D eigenvalue weighted by Crippen LogP contribution is 2.45. The fourth-order valence-electron chi connectivity index (χ4n) is 8.30. The maximum atomic E-state index is 13.3.